The summed E-state index contributed by atoms with van der Waals surface area (Å²) in [5, 5.41) is 16.4. The highest BCUT2D eigenvalue weighted by molar-refractivity contribution is 7.14. The van der Waals surface area contributed by atoms with E-state index >= 15 is 0 Å². The quantitative estimate of drug-likeness (QED) is 0.905. The van der Waals surface area contributed by atoms with E-state index in [0.717, 1.165) is 13.1 Å². The molecule has 1 aliphatic rings. The molecule has 1 N–H and O–H groups in total. The zero-order chi connectivity index (χ0) is 15.4. The van der Waals surface area contributed by atoms with Crippen LogP contribution in [0.2, 0.25) is 0 Å². The average molecular weight is 331 g/mol. The van der Waals surface area contributed by atoms with Gasteiger partial charge in [0.25, 0.3) is 0 Å². The van der Waals surface area contributed by atoms with E-state index in [1.54, 1.807) is 17.4 Å². The molecule has 0 bridgehead atoms. The Morgan fingerprint density at radius 1 is 1.41 bits per heavy atom. The maximum Gasteiger partial charge on any atom is 0.226 e. The van der Waals surface area contributed by atoms with Crippen LogP contribution in [0.4, 0.5) is 5.00 Å². The number of amides is 1. The maximum atomic E-state index is 12.1. The third-order valence-corrected chi connectivity index (χ3v) is 5.70. The molecule has 3 heterocycles. The standard InChI is InChI=1S/C16H17N3OS2/c17-11-12-6-10-22-16(12)18-15(20)5-8-19-7-1-3-13(19)14-4-2-9-21-14/h2,4,6,9-10,13H,1,3,5,7-8H2,(H,18,20). The number of nitrogens with zero attached hydrogens (tertiary/aromatic N) is 2. The lowest BCUT2D eigenvalue weighted by molar-refractivity contribution is -0.116. The molecule has 1 amide bonds. The van der Waals surface area contributed by atoms with Crippen LogP contribution in [-0.2, 0) is 4.79 Å². The van der Waals surface area contributed by atoms with Gasteiger partial charge in [-0.15, -0.1) is 22.7 Å². The summed E-state index contributed by atoms with van der Waals surface area (Å²) in [6, 6.07) is 8.55. The predicted molar refractivity (Wildman–Crippen MR) is 90.1 cm³/mol. The molecule has 2 aromatic rings. The van der Waals surface area contributed by atoms with Gasteiger partial charge in [-0.1, -0.05) is 6.07 Å². The summed E-state index contributed by atoms with van der Waals surface area (Å²) in [5.41, 5.74) is 0.538. The smallest absolute Gasteiger partial charge is 0.226 e. The van der Waals surface area contributed by atoms with E-state index in [1.165, 1.54) is 29.1 Å². The van der Waals surface area contributed by atoms with Crippen molar-refractivity contribution in [3.05, 3.63) is 39.4 Å². The van der Waals surface area contributed by atoms with Gasteiger partial charge in [-0.3, -0.25) is 9.69 Å². The van der Waals surface area contributed by atoms with Crippen LogP contribution in [0.15, 0.2) is 29.0 Å². The second-order valence-electron chi connectivity index (χ2n) is 5.28. The maximum absolute atomic E-state index is 12.1. The molecule has 2 aromatic heterocycles. The zero-order valence-corrected chi connectivity index (χ0v) is 13.8. The number of hydrogen-bond donors (Lipinski definition) is 1. The fraction of sp³-hybridized carbons (Fsp3) is 0.375. The van der Waals surface area contributed by atoms with Crippen LogP contribution in [0.25, 0.3) is 0 Å². The van der Waals surface area contributed by atoms with Crippen LogP contribution in [0.5, 0.6) is 0 Å². The summed E-state index contributed by atoms with van der Waals surface area (Å²) in [6.45, 7) is 1.82. The zero-order valence-electron chi connectivity index (χ0n) is 12.1. The second kappa shape index (κ2) is 7.05. The highest BCUT2D eigenvalue weighted by atomic mass is 32.1. The number of carbonyl (C=O) groups excluding carboxylic acids is 1. The molecule has 0 aromatic carbocycles. The van der Waals surface area contributed by atoms with Crippen molar-refractivity contribution in [1.29, 1.82) is 5.26 Å². The Balaban J connectivity index is 1.54. The van der Waals surface area contributed by atoms with Crippen LogP contribution >= 0.6 is 22.7 Å². The van der Waals surface area contributed by atoms with Crippen LogP contribution in [0.3, 0.4) is 0 Å². The van der Waals surface area contributed by atoms with E-state index in [-0.39, 0.29) is 5.91 Å². The minimum Gasteiger partial charge on any atom is -0.317 e. The van der Waals surface area contributed by atoms with Crippen molar-refractivity contribution >= 4 is 33.6 Å². The monoisotopic (exact) mass is 331 g/mol. The van der Waals surface area contributed by atoms with E-state index in [0.29, 0.717) is 23.0 Å². The van der Waals surface area contributed by atoms with Crippen molar-refractivity contribution in [2.75, 3.05) is 18.4 Å². The summed E-state index contributed by atoms with van der Waals surface area (Å²) < 4.78 is 0. The molecule has 1 atom stereocenters. The van der Waals surface area contributed by atoms with E-state index < -0.39 is 0 Å². The normalized spacial score (nSPS) is 18.2. The molecule has 1 fully saturated rings. The Labute approximate surface area is 138 Å². The van der Waals surface area contributed by atoms with Crippen molar-refractivity contribution in [1.82, 2.24) is 4.90 Å². The summed E-state index contributed by atoms with van der Waals surface area (Å²) >= 11 is 3.18. The number of rotatable bonds is 5. The topological polar surface area (TPSA) is 56.1 Å². The van der Waals surface area contributed by atoms with Gasteiger partial charge in [0.1, 0.15) is 11.1 Å². The molecule has 22 heavy (non-hydrogen) atoms. The number of carbonyl (C=O) groups is 1. The number of nitrogens with one attached hydrogen (secondary N) is 1. The minimum absolute atomic E-state index is 0.0178. The number of likely N-dealkylation sites (tertiary alicyclic amines) is 1. The molecule has 1 aliphatic heterocycles. The predicted octanol–water partition coefficient (Wildman–Crippen LogP) is 3.85. The van der Waals surface area contributed by atoms with Crippen molar-refractivity contribution in [2.45, 2.75) is 25.3 Å². The third kappa shape index (κ3) is 3.38. The van der Waals surface area contributed by atoms with Crippen molar-refractivity contribution in [3.63, 3.8) is 0 Å². The molecule has 0 saturated carbocycles. The summed E-state index contributed by atoms with van der Waals surface area (Å²) in [6.07, 6.45) is 2.82. The Morgan fingerprint density at radius 2 is 2.32 bits per heavy atom. The first-order valence-corrected chi connectivity index (χ1v) is 9.09. The summed E-state index contributed by atoms with van der Waals surface area (Å²) in [4.78, 5) is 15.9. The van der Waals surface area contributed by atoms with Crippen molar-refractivity contribution < 1.29 is 4.79 Å². The summed E-state index contributed by atoms with van der Waals surface area (Å²) in [5.74, 6) is -0.0178. The molecule has 0 aliphatic carbocycles. The highest BCUT2D eigenvalue weighted by Gasteiger charge is 2.26. The molecule has 1 unspecified atom stereocenters. The molecule has 0 radical (unpaired) electrons. The third-order valence-electron chi connectivity index (χ3n) is 3.90. The molecule has 0 spiro atoms. The van der Waals surface area contributed by atoms with Crippen molar-refractivity contribution in [3.8, 4) is 6.07 Å². The number of thiophene rings is 2. The lowest BCUT2D eigenvalue weighted by Gasteiger charge is -2.23. The first kappa shape index (κ1) is 15.2. The molecular weight excluding hydrogens is 314 g/mol. The minimum atomic E-state index is -0.0178. The molecule has 3 rings (SSSR count). The van der Waals surface area contributed by atoms with Gasteiger partial charge in [0.15, 0.2) is 0 Å². The van der Waals surface area contributed by atoms with Crippen LogP contribution < -0.4 is 5.32 Å². The fourth-order valence-electron chi connectivity index (χ4n) is 2.83. The molecule has 1 saturated heterocycles. The first-order chi connectivity index (χ1) is 10.8. The van der Waals surface area contributed by atoms with Gasteiger partial charge in [-0.25, -0.2) is 0 Å². The van der Waals surface area contributed by atoms with E-state index in [4.69, 9.17) is 5.26 Å². The van der Waals surface area contributed by atoms with Gasteiger partial charge in [0, 0.05) is 23.9 Å². The van der Waals surface area contributed by atoms with E-state index in [9.17, 15) is 4.79 Å². The SMILES string of the molecule is N#Cc1ccsc1NC(=O)CCN1CCCC1c1cccs1. The fourth-order valence-corrected chi connectivity index (χ4v) is 4.47. The van der Waals surface area contributed by atoms with Gasteiger partial charge >= 0.3 is 0 Å². The van der Waals surface area contributed by atoms with Gasteiger partial charge in [-0.2, -0.15) is 5.26 Å². The number of nitriles is 1. The van der Waals surface area contributed by atoms with Gasteiger partial charge in [-0.05, 0) is 42.3 Å². The first-order valence-electron chi connectivity index (χ1n) is 7.33. The second-order valence-corrected chi connectivity index (χ2v) is 7.18. The molecule has 4 nitrogen and oxygen atoms in total. The lowest BCUT2D eigenvalue weighted by Crippen LogP contribution is -2.27. The largest absolute Gasteiger partial charge is 0.317 e. The Kier molecular flexibility index (Phi) is 4.88. The van der Waals surface area contributed by atoms with Gasteiger partial charge in [0.2, 0.25) is 5.91 Å². The number of hydrogen-bond acceptors (Lipinski definition) is 5. The van der Waals surface area contributed by atoms with E-state index in [1.807, 2.05) is 5.38 Å². The highest BCUT2D eigenvalue weighted by Crippen LogP contribution is 2.34. The van der Waals surface area contributed by atoms with E-state index in [2.05, 4.69) is 33.8 Å². The Bertz CT molecular complexity index is 672. The Hall–Kier alpha value is -1.68. The molecule has 6 heteroatoms. The molecular formula is C16H17N3OS2. The van der Waals surface area contributed by atoms with Gasteiger partial charge < -0.3 is 5.32 Å². The molecule has 114 valence electrons. The van der Waals surface area contributed by atoms with Gasteiger partial charge in [0.05, 0.1) is 5.56 Å². The number of anilines is 1. The van der Waals surface area contributed by atoms with Crippen LogP contribution in [-0.4, -0.2) is 23.9 Å². The Morgan fingerprint density at radius 3 is 3.09 bits per heavy atom. The van der Waals surface area contributed by atoms with Crippen LogP contribution in [0.1, 0.15) is 35.7 Å². The van der Waals surface area contributed by atoms with Crippen LogP contribution in [0, 0.1) is 11.3 Å². The van der Waals surface area contributed by atoms with Crippen molar-refractivity contribution in [2.24, 2.45) is 0 Å². The summed E-state index contributed by atoms with van der Waals surface area (Å²) in [7, 11) is 0. The lowest BCUT2D eigenvalue weighted by atomic mass is 10.2. The average Bonchev–Trinajstić information content (AvgIpc) is 3.25.